The molecular formula is C38H68N6O9. The van der Waals surface area contributed by atoms with Crippen molar-refractivity contribution < 1.29 is 44.1 Å². The summed E-state index contributed by atoms with van der Waals surface area (Å²) in [5.41, 5.74) is 5.18. The van der Waals surface area contributed by atoms with E-state index >= 15 is 0 Å². The highest BCUT2D eigenvalue weighted by Gasteiger charge is 2.40. The van der Waals surface area contributed by atoms with Crippen molar-refractivity contribution in [3.8, 4) is 0 Å². The van der Waals surface area contributed by atoms with Crippen molar-refractivity contribution in [3.63, 3.8) is 0 Å². The average Bonchev–Trinajstić information content (AvgIpc) is 3.80. The van der Waals surface area contributed by atoms with Crippen molar-refractivity contribution in [3.05, 3.63) is 0 Å². The van der Waals surface area contributed by atoms with Gasteiger partial charge in [0.15, 0.2) is 5.78 Å². The highest BCUT2D eigenvalue weighted by atomic mass is 16.3. The van der Waals surface area contributed by atoms with Gasteiger partial charge >= 0.3 is 0 Å². The fourth-order valence-electron chi connectivity index (χ4n) is 6.84. The molecule has 9 N–H and O–H groups in total. The monoisotopic (exact) mass is 753 g/mol. The molecule has 5 amide bonds. The van der Waals surface area contributed by atoms with Crippen molar-refractivity contribution in [1.82, 2.24) is 26.2 Å². The molecule has 0 aliphatic heterocycles. The van der Waals surface area contributed by atoms with Gasteiger partial charge in [0.1, 0.15) is 24.2 Å². The van der Waals surface area contributed by atoms with Crippen LogP contribution in [0, 0.1) is 17.8 Å². The molecule has 0 aromatic heterocycles. The van der Waals surface area contributed by atoms with E-state index in [9.17, 15) is 44.1 Å². The van der Waals surface area contributed by atoms with Crippen LogP contribution in [-0.4, -0.2) is 117 Å². The van der Waals surface area contributed by atoms with Gasteiger partial charge in [-0.1, -0.05) is 65.7 Å². The summed E-state index contributed by atoms with van der Waals surface area (Å²) < 4.78 is 0. The van der Waals surface area contributed by atoms with Gasteiger partial charge in [-0.05, 0) is 64.7 Å². The van der Waals surface area contributed by atoms with Crippen LogP contribution in [0.1, 0.15) is 125 Å². The standard InChI is InChI=1S/C38H68N6O9/c1-22(2)19-28(44(7)37(52)23(3)29(46)17-13-8-9-14-18-38(5,6)53)34(49)43-32(25-15-11-10-12-16-25)36(51)41-27(21-39)33(48)42-31(24(4)45)35(50)40-26-20-30(26)47/h22-29,31-32,45-46,53H,8-21,39H2,1-7H3,(H,40,50)(H,41,51)(H,42,48)(H,43,49)/t23-,24+,26?,27+,28+,29-,31+,32+/m1/s1. The Morgan fingerprint density at radius 3 is 2.00 bits per heavy atom. The Hall–Kier alpha value is -3.14. The number of likely N-dealkylation sites (N-methyl/N-ethyl adjacent to an activating group) is 1. The van der Waals surface area contributed by atoms with Crippen LogP contribution >= 0.6 is 0 Å². The molecule has 2 aliphatic carbocycles. The maximum absolute atomic E-state index is 14.1. The second-order valence-corrected chi connectivity index (χ2v) is 16.4. The Labute approximate surface area is 315 Å². The Morgan fingerprint density at radius 1 is 0.868 bits per heavy atom. The van der Waals surface area contributed by atoms with Crippen molar-refractivity contribution >= 4 is 35.3 Å². The molecule has 0 bridgehead atoms. The predicted octanol–water partition coefficient (Wildman–Crippen LogP) is 0.800. The van der Waals surface area contributed by atoms with Gasteiger partial charge in [-0.3, -0.25) is 28.8 Å². The third-order valence-corrected chi connectivity index (χ3v) is 10.4. The molecule has 1 unspecified atom stereocenters. The summed E-state index contributed by atoms with van der Waals surface area (Å²) in [5, 5.41) is 41.4. The molecule has 0 saturated heterocycles. The highest BCUT2D eigenvalue weighted by Crippen LogP contribution is 2.28. The third-order valence-electron chi connectivity index (χ3n) is 10.4. The molecule has 304 valence electrons. The zero-order chi connectivity index (χ0) is 40.0. The first-order valence-electron chi connectivity index (χ1n) is 19.6. The van der Waals surface area contributed by atoms with Crippen molar-refractivity contribution in [1.29, 1.82) is 0 Å². The van der Waals surface area contributed by atoms with E-state index in [2.05, 4.69) is 21.3 Å². The van der Waals surface area contributed by atoms with Gasteiger partial charge in [-0.15, -0.1) is 0 Å². The van der Waals surface area contributed by atoms with Gasteiger partial charge in [0.05, 0.1) is 29.8 Å². The lowest BCUT2D eigenvalue weighted by molar-refractivity contribution is -0.146. The number of hydrogen-bond acceptors (Lipinski definition) is 10. The zero-order valence-corrected chi connectivity index (χ0v) is 33.0. The topological polar surface area (TPSA) is 240 Å². The van der Waals surface area contributed by atoms with Crippen LogP contribution in [0.4, 0.5) is 0 Å². The van der Waals surface area contributed by atoms with Crippen LogP contribution in [-0.2, 0) is 28.8 Å². The maximum atomic E-state index is 14.1. The first-order valence-corrected chi connectivity index (χ1v) is 19.6. The van der Waals surface area contributed by atoms with Crippen molar-refractivity contribution in [2.45, 2.75) is 173 Å². The second-order valence-electron chi connectivity index (χ2n) is 16.4. The fourth-order valence-corrected chi connectivity index (χ4v) is 6.84. The Morgan fingerprint density at radius 2 is 1.47 bits per heavy atom. The number of Topliss-reactive ketones (excluding diaryl/α,β-unsaturated/α-hetero) is 1. The average molecular weight is 753 g/mol. The minimum Gasteiger partial charge on any atom is -0.392 e. The molecule has 0 spiro atoms. The number of unbranched alkanes of at least 4 members (excludes halogenated alkanes) is 3. The van der Waals surface area contributed by atoms with Crippen LogP contribution in [0.2, 0.25) is 0 Å². The van der Waals surface area contributed by atoms with Crippen LogP contribution in [0.25, 0.3) is 0 Å². The number of aliphatic hydroxyl groups excluding tert-OH is 2. The fraction of sp³-hybridized carbons (Fsp3) is 0.842. The Bertz CT molecular complexity index is 1230. The summed E-state index contributed by atoms with van der Waals surface area (Å²) in [6.07, 6.45) is 6.74. The number of carbonyl (C=O) groups excluding carboxylic acids is 6. The maximum Gasteiger partial charge on any atom is 0.245 e. The second kappa shape index (κ2) is 21.7. The summed E-state index contributed by atoms with van der Waals surface area (Å²) in [5.74, 6) is -4.27. The van der Waals surface area contributed by atoms with Crippen LogP contribution in [0.15, 0.2) is 0 Å². The summed E-state index contributed by atoms with van der Waals surface area (Å²) in [6, 6.07) is -5.33. The van der Waals surface area contributed by atoms with E-state index in [1.54, 1.807) is 20.8 Å². The molecule has 15 heteroatoms. The summed E-state index contributed by atoms with van der Waals surface area (Å²) in [7, 11) is 1.53. The van der Waals surface area contributed by atoms with E-state index in [0.717, 1.165) is 44.9 Å². The van der Waals surface area contributed by atoms with Crippen molar-refractivity contribution in [2.75, 3.05) is 13.6 Å². The van der Waals surface area contributed by atoms with Crippen LogP contribution in [0.3, 0.4) is 0 Å². The first kappa shape index (κ1) is 46.0. The number of hydrogen-bond donors (Lipinski definition) is 8. The zero-order valence-electron chi connectivity index (χ0n) is 33.0. The lowest BCUT2D eigenvalue weighted by Crippen LogP contribution is -2.62. The molecule has 0 heterocycles. The lowest BCUT2D eigenvalue weighted by Gasteiger charge is -2.35. The van der Waals surface area contributed by atoms with E-state index in [1.807, 2.05) is 13.8 Å². The molecule has 0 aromatic carbocycles. The first-order chi connectivity index (χ1) is 24.8. The highest BCUT2D eigenvalue weighted by molar-refractivity contribution is 6.04. The Kier molecular flexibility index (Phi) is 18.8. The molecule has 53 heavy (non-hydrogen) atoms. The van der Waals surface area contributed by atoms with Gasteiger partial charge < -0.3 is 47.2 Å². The minimum atomic E-state index is -1.40. The number of nitrogens with two attached hydrogens (primary N) is 1. The molecular weight excluding hydrogens is 684 g/mol. The van der Waals surface area contributed by atoms with E-state index in [1.165, 1.54) is 18.9 Å². The quantitative estimate of drug-likeness (QED) is 0.0683. The largest absolute Gasteiger partial charge is 0.392 e. The minimum absolute atomic E-state index is 0.00880. The summed E-state index contributed by atoms with van der Waals surface area (Å²) in [6.45, 7) is 10.0. The number of ketones is 1. The van der Waals surface area contributed by atoms with Gasteiger partial charge in [0, 0.05) is 20.0 Å². The molecule has 2 fully saturated rings. The van der Waals surface area contributed by atoms with E-state index in [-0.39, 0.29) is 36.5 Å². The lowest BCUT2D eigenvalue weighted by atomic mass is 9.83. The molecule has 0 aromatic rings. The third kappa shape index (κ3) is 15.6. The van der Waals surface area contributed by atoms with Crippen molar-refractivity contribution in [2.24, 2.45) is 23.5 Å². The van der Waals surface area contributed by atoms with Crippen LogP contribution in [0.5, 0.6) is 0 Å². The smallest absolute Gasteiger partial charge is 0.245 e. The number of carbonyl (C=O) groups is 6. The molecule has 15 nitrogen and oxygen atoms in total. The van der Waals surface area contributed by atoms with E-state index in [4.69, 9.17) is 5.73 Å². The molecule has 8 atom stereocenters. The molecule has 0 radical (unpaired) electrons. The Balaban J connectivity index is 2.14. The van der Waals surface area contributed by atoms with Crippen LogP contribution < -0.4 is 27.0 Å². The van der Waals surface area contributed by atoms with Gasteiger partial charge in [0.2, 0.25) is 29.5 Å². The van der Waals surface area contributed by atoms with Gasteiger partial charge in [-0.25, -0.2) is 0 Å². The molecule has 2 saturated carbocycles. The summed E-state index contributed by atoms with van der Waals surface area (Å²) in [4.78, 5) is 80.3. The van der Waals surface area contributed by atoms with Gasteiger partial charge in [0.25, 0.3) is 0 Å². The normalized spacial score (nSPS) is 20.3. The number of amides is 5. The number of aliphatic hydroxyl groups is 3. The number of nitrogens with zero attached hydrogens (tertiary/aromatic N) is 1. The molecule has 2 rings (SSSR count). The predicted molar refractivity (Wildman–Crippen MR) is 200 cm³/mol. The van der Waals surface area contributed by atoms with E-state index < -0.39 is 77.6 Å². The summed E-state index contributed by atoms with van der Waals surface area (Å²) >= 11 is 0. The molecule has 2 aliphatic rings. The number of nitrogens with one attached hydrogen (secondary N) is 4. The van der Waals surface area contributed by atoms with E-state index in [0.29, 0.717) is 32.1 Å². The van der Waals surface area contributed by atoms with Gasteiger partial charge in [-0.2, -0.15) is 0 Å². The number of rotatable bonds is 23. The SMILES string of the molecule is CC(C)C[C@@H](C(=O)N[C@H](C(=O)N[C@@H](CN)C(=O)N[C@H](C(=O)NC1CC1=O)[C@H](C)O)C1CCCCC1)N(C)C(=O)[C@H](C)[C@H](O)CCCCCCC(C)(C)O.